The van der Waals surface area contributed by atoms with Gasteiger partial charge in [0.15, 0.2) is 5.82 Å². The molecule has 0 amide bonds. The molecule has 3 aromatic rings. The number of thiophene rings is 1. The van der Waals surface area contributed by atoms with Gasteiger partial charge in [-0.2, -0.15) is 0 Å². The van der Waals surface area contributed by atoms with Crippen molar-refractivity contribution in [2.24, 2.45) is 4.99 Å². The molecule has 0 aliphatic carbocycles. The molecular weight excluding hydrogens is 444 g/mol. The lowest BCUT2D eigenvalue weighted by Crippen LogP contribution is -2.32. The van der Waals surface area contributed by atoms with E-state index in [4.69, 9.17) is 21.3 Å². The summed E-state index contributed by atoms with van der Waals surface area (Å²) >= 11 is 7.84. The Balaban J connectivity index is 1.98. The normalized spacial score (nSPS) is 17.9. The smallest absolute Gasteiger partial charge is 0.309 e. The quantitative estimate of drug-likeness (QED) is 0.460. The molecule has 2 aromatic heterocycles. The second-order valence-corrected chi connectivity index (χ2v) is 11.0. The SMILES string of the molecule is Cc1sc2c(c1C)C(c1ccc(Cl)cc1)=NC(C)(CC(=O)OC(C)(C)C)c1nnc(C)n1-2. The molecule has 168 valence electrons. The first-order chi connectivity index (χ1) is 14.9. The summed E-state index contributed by atoms with van der Waals surface area (Å²) in [5, 5.41) is 10.5. The molecule has 3 heterocycles. The van der Waals surface area contributed by atoms with E-state index < -0.39 is 11.1 Å². The highest BCUT2D eigenvalue weighted by Crippen LogP contribution is 2.42. The maximum absolute atomic E-state index is 12.9. The standard InChI is InChI=1S/C24H27ClN4O2S/c1-13-14(2)32-21-19(13)20(16-8-10-17(25)11-9-16)26-24(7,12-18(30)31-23(4,5)6)22-28-27-15(3)29(21)22/h8-11H,12H2,1-7H3. The molecule has 1 aromatic carbocycles. The van der Waals surface area contributed by atoms with Crippen molar-refractivity contribution >= 4 is 34.6 Å². The van der Waals surface area contributed by atoms with Gasteiger partial charge in [0.2, 0.25) is 0 Å². The van der Waals surface area contributed by atoms with E-state index in [9.17, 15) is 4.79 Å². The number of benzene rings is 1. The number of aromatic nitrogens is 3. The summed E-state index contributed by atoms with van der Waals surface area (Å²) in [7, 11) is 0. The predicted molar refractivity (Wildman–Crippen MR) is 128 cm³/mol. The van der Waals surface area contributed by atoms with Gasteiger partial charge in [-0.3, -0.25) is 14.4 Å². The van der Waals surface area contributed by atoms with Crippen molar-refractivity contribution < 1.29 is 9.53 Å². The summed E-state index contributed by atoms with van der Waals surface area (Å²) in [6, 6.07) is 7.64. The molecule has 1 unspecified atom stereocenters. The predicted octanol–water partition coefficient (Wildman–Crippen LogP) is 5.71. The number of fused-ring (bicyclic) bond motifs is 3. The second kappa shape index (κ2) is 7.81. The van der Waals surface area contributed by atoms with Gasteiger partial charge in [0.1, 0.15) is 22.0 Å². The van der Waals surface area contributed by atoms with Crippen LogP contribution in [0.1, 0.15) is 67.3 Å². The summed E-state index contributed by atoms with van der Waals surface area (Å²) in [5.74, 6) is 1.06. The molecular formula is C24H27ClN4O2S. The van der Waals surface area contributed by atoms with Crippen LogP contribution in [0, 0.1) is 20.8 Å². The van der Waals surface area contributed by atoms with Crippen LogP contribution in [0.4, 0.5) is 0 Å². The van der Waals surface area contributed by atoms with Gasteiger partial charge in [0.25, 0.3) is 0 Å². The van der Waals surface area contributed by atoms with Crippen LogP contribution in [0.5, 0.6) is 0 Å². The fourth-order valence-corrected chi connectivity index (χ4v) is 5.28. The molecule has 4 rings (SSSR count). The van der Waals surface area contributed by atoms with Gasteiger partial charge >= 0.3 is 5.97 Å². The first-order valence-electron chi connectivity index (χ1n) is 10.5. The summed E-state index contributed by atoms with van der Waals surface area (Å²) in [5.41, 5.74) is 2.39. The summed E-state index contributed by atoms with van der Waals surface area (Å²) in [6.45, 7) is 13.6. The molecule has 0 saturated heterocycles. The highest BCUT2D eigenvalue weighted by Gasteiger charge is 2.41. The van der Waals surface area contributed by atoms with E-state index >= 15 is 0 Å². The van der Waals surface area contributed by atoms with Crippen LogP contribution in [0.2, 0.25) is 5.02 Å². The van der Waals surface area contributed by atoms with E-state index in [0.717, 1.165) is 33.2 Å². The molecule has 0 spiro atoms. The first-order valence-corrected chi connectivity index (χ1v) is 11.7. The van der Waals surface area contributed by atoms with E-state index in [0.29, 0.717) is 10.8 Å². The van der Waals surface area contributed by atoms with Crippen LogP contribution < -0.4 is 0 Å². The Hall–Kier alpha value is -2.51. The summed E-state index contributed by atoms with van der Waals surface area (Å²) < 4.78 is 7.68. The molecule has 1 aliphatic heterocycles. The van der Waals surface area contributed by atoms with Crippen LogP contribution >= 0.6 is 22.9 Å². The van der Waals surface area contributed by atoms with Gasteiger partial charge in [-0.1, -0.05) is 23.7 Å². The van der Waals surface area contributed by atoms with Gasteiger partial charge in [-0.25, -0.2) is 0 Å². The van der Waals surface area contributed by atoms with E-state index in [1.807, 2.05) is 63.5 Å². The van der Waals surface area contributed by atoms with Crippen molar-refractivity contribution in [3.05, 3.63) is 62.5 Å². The average Bonchev–Trinajstić information content (AvgIpc) is 3.16. The number of aryl methyl sites for hydroxylation is 2. The number of carbonyl (C=O) groups is 1. The maximum atomic E-state index is 12.9. The number of rotatable bonds is 3. The molecule has 8 heteroatoms. The van der Waals surface area contributed by atoms with Crippen LogP contribution in [-0.4, -0.2) is 32.0 Å². The Morgan fingerprint density at radius 2 is 1.81 bits per heavy atom. The van der Waals surface area contributed by atoms with E-state index in [2.05, 4.69) is 24.0 Å². The Morgan fingerprint density at radius 3 is 2.44 bits per heavy atom. The molecule has 1 atom stereocenters. The second-order valence-electron chi connectivity index (χ2n) is 9.37. The third kappa shape index (κ3) is 3.99. The molecule has 32 heavy (non-hydrogen) atoms. The Labute approximate surface area is 197 Å². The highest BCUT2D eigenvalue weighted by atomic mass is 35.5. The minimum Gasteiger partial charge on any atom is -0.460 e. The number of hydrogen-bond acceptors (Lipinski definition) is 6. The third-order valence-corrected chi connectivity index (χ3v) is 6.94. The van der Waals surface area contributed by atoms with Crippen LogP contribution in [0.25, 0.3) is 5.00 Å². The van der Waals surface area contributed by atoms with Crippen molar-refractivity contribution in [2.45, 2.75) is 66.0 Å². The molecule has 1 aliphatic rings. The van der Waals surface area contributed by atoms with E-state index in [1.54, 1.807) is 11.3 Å². The Bertz CT molecular complexity index is 1230. The van der Waals surface area contributed by atoms with Crippen molar-refractivity contribution in [3.8, 4) is 5.00 Å². The first kappa shape index (κ1) is 22.7. The topological polar surface area (TPSA) is 69.4 Å². The van der Waals surface area contributed by atoms with Crippen molar-refractivity contribution in [2.75, 3.05) is 0 Å². The highest BCUT2D eigenvalue weighted by molar-refractivity contribution is 7.15. The summed E-state index contributed by atoms with van der Waals surface area (Å²) in [4.78, 5) is 19.3. The fraction of sp³-hybridized carbons (Fsp3) is 0.417. The maximum Gasteiger partial charge on any atom is 0.309 e. The summed E-state index contributed by atoms with van der Waals surface area (Å²) in [6.07, 6.45) is 0.0481. The lowest BCUT2D eigenvalue weighted by molar-refractivity contribution is -0.156. The fourth-order valence-electron chi connectivity index (χ4n) is 3.95. The lowest BCUT2D eigenvalue weighted by Gasteiger charge is -2.26. The van der Waals surface area contributed by atoms with Gasteiger partial charge in [-0.15, -0.1) is 21.5 Å². The minimum atomic E-state index is -0.961. The van der Waals surface area contributed by atoms with Crippen LogP contribution in [0.3, 0.4) is 0 Å². The van der Waals surface area contributed by atoms with Crippen LogP contribution in [0.15, 0.2) is 29.3 Å². The largest absolute Gasteiger partial charge is 0.460 e. The number of hydrogen-bond donors (Lipinski definition) is 0. The Morgan fingerprint density at radius 1 is 1.16 bits per heavy atom. The molecule has 0 bridgehead atoms. The van der Waals surface area contributed by atoms with Gasteiger partial charge in [-0.05, 0) is 66.2 Å². The molecule has 0 saturated carbocycles. The van der Waals surface area contributed by atoms with Crippen molar-refractivity contribution in [1.29, 1.82) is 0 Å². The number of halogens is 1. The van der Waals surface area contributed by atoms with E-state index in [-0.39, 0.29) is 12.4 Å². The van der Waals surface area contributed by atoms with Crippen molar-refractivity contribution in [3.63, 3.8) is 0 Å². The van der Waals surface area contributed by atoms with Crippen LogP contribution in [-0.2, 0) is 15.1 Å². The average molecular weight is 471 g/mol. The number of nitrogens with zero attached hydrogens (tertiary/aromatic N) is 4. The minimum absolute atomic E-state index is 0.0481. The molecule has 6 nitrogen and oxygen atoms in total. The zero-order chi connectivity index (χ0) is 23.4. The van der Waals surface area contributed by atoms with Gasteiger partial charge in [0.05, 0.1) is 12.1 Å². The number of carbonyl (C=O) groups excluding carboxylic acids is 1. The molecule has 0 N–H and O–H groups in total. The van der Waals surface area contributed by atoms with E-state index in [1.165, 1.54) is 4.88 Å². The number of esters is 1. The van der Waals surface area contributed by atoms with Gasteiger partial charge in [0, 0.05) is 21.0 Å². The third-order valence-electron chi connectivity index (χ3n) is 5.50. The number of aliphatic imine (C=N–C) groups is 1. The lowest BCUT2D eigenvalue weighted by atomic mass is 9.95. The zero-order valence-electron chi connectivity index (χ0n) is 19.4. The number of ether oxygens (including phenoxy) is 1. The zero-order valence-corrected chi connectivity index (χ0v) is 21.0. The Kier molecular flexibility index (Phi) is 5.54. The molecule has 0 fully saturated rings. The van der Waals surface area contributed by atoms with Gasteiger partial charge < -0.3 is 4.74 Å². The molecule has 0 radical (unpaired) electrons. The van der Waals surface area contributed by atoms with Crippen molar-refractivity contribution in [1.82, 2.24) is 14.8 Å². The monoisotopic (exact) mass is 470 g/mol.